The minimum atomic E-state index is 0.0196. The van der Waals surface area contributed by atoms with Crippen molar-refractivity contribution in [3.05, 3.63) is 71.0 Å². The van der Waals surface area contributed by atoms with E-state index in [9.17, 15) is 4.79 Å². The van der Waals surface area contributed by atoms with Crippen LogP contribution in [0.25, 0.3) is 11.0 Å². The van der Waals surface area contributed by atoms with Crippen molar-refractivity contribution in [3.8, 4) is 0 Å². The van der Waals surface area contributed by atoms with E-state index in [1.54, 1.807) is 6.26 Å². The summed E-state index contributed by atoms with van der Waals surface area (Å²) in [4.78, 5) is 12.6. The zero-order valence-corrected chi connectivity index (χ0v) is 10.9. The molecule has 19 heavy (non-hydrogen) atoms. The van der Waals surface area contributed by atoms with E-state index in [4.69, 9.17) is 4.42 Å². The standard InChI is InChI=1S/C17H14O2/c1-11-7-8-12(2)14(9-11)17(18)15-10-19-16-6-4-3-5-13(15)16/h3-10H,1-2H3. The predicted molar refractivity (Wildman–Crippen MR) is 75.6 cm³/mol. The Morgan fingerprint density at radius 2 is 1.79 bits per heavy atom. The van der Waals surface area contributed by atoms with Crippen LogP contribution in [-0.4, -0.2) is 5.78 Å². The maximum absolute atomic E-state index is 12.6. The quantitative estimate of drug-likeness (QED) is 0.635. The molecule has 0 spiro atoms. The summed E-state index contributed by atoms with van der Waals surface area (Å²) in [7, 11) is 0. The highest BCUT2D eigenvalue weighted by Gasteiger charge is 2.17. The summed E-state index contributed by atoms with van der Waals surface area (Å²) in [6.45, 7) is 3.94. The molecule has 3 aromatic rings. The molecule has 0 bridgehead atoms. The lowest BCUT2D eigenvalue weighted by atomic mass is 9.97. The first-order chi connectivity index (χ1) is 9.16. The predicted octanol–water partition coefficient (Wildman–Crippen LogP) is 4.28. The molecule has 1 heterocycles. The molecular formula is C17H14O2. The number of carbonyl (C=O) groups is 1. The summed E-state index contributed by atoms with van der Waals surface area (Å²) < 4.78 is 5.44. The van der Waals surface area contributed by atoms with Crippen LogP contribution in [0.2, 0.25) is 0 Å². The van der Waals surface area contributed by atoms with E-state index in [0.717, 1.165) is 27.7 Å². The monoisotopic (exact) mass is 250 g/mol. The normalized spacial score (nSPS) is 10.8. The minimum absolute atomic E-state index is 0.0196. The van der Waals surface area contributed by atoms with Crippen LogP contribution in [0.1, 0.15) is 27.0 Å². The van der Waals surface area contributed by atoms with Gasteiger partial charge in [0.2, 0.25) is 0 Å². The third kappa shape index (κ3) is 1.95. The highest BCUT2D eigenvalue weighted by Crippen LogP contribution is 2.24. The Kier molecular flexibility index (Phi) is 2.71. The minimum Gasteiger partial charge on any atom is -0.464 e. The first kappa shape index (κ1) is 11.7. The summed E-state index contributed by atoms with van der Waals surface area (Å²) in [5.41, 5.74) is 4.19. The molecule has 2 nitrogen and oxygen atoms in total. The lowest BCUT2D eigenvalue weighted by molar-refractivity contribution is 0.103. The van der Waals surface area contributed by atoms with Crippen molar-refractivity contribution in [3.63, 3.8) is 0 Å². The van der Waals surface area contributed by atoms with E-state index >= 15 is 0 Å². The van der Waals surface area contributed by atoms with Gasteiger partial charge in [0, 0.05) is 10.9 Å². The van der Waals surface area contributed by atoms with Gasteiger partial charge in [-0.1, -0.05) is 35.9 Å². The van der Waals surface area contributed by atoms with Gasteiger partial charge in [-0.3, -0.25) is 4.79 Å². The van der Waals surface area contributed by atoms with Crippen LogP contribution in [0.15, 0.2) is 53.1 Å². The summed E-state index contributed by atoms with van der Waals surface area (Å²) in [5, 5.41) is 0.869. The number of aryl methyl sites for hydroxylation is 2. The van der Waals surface area contributed by atoms with Crippen LogP contribution in [0.4, 0.5) is 0 Å². The maximum Gasteiger partial charge on any atom is 0.197 e. The van der Waals surface area contributed by atoms with Gasteiger partial charge >= 0.3 is 0 Å². The molecule has 0 fully saturated rings. The number of hydrogen-bond donors (Lipinski definition) is 0. The molecule has 0 aliphatic carbocycles. The van der Waals surface area contributed by atoms with Crippen LogP contribution >= 0.6 is 0 Å². The van der Waals surface area contributed by atoms with Crippen molar-refractivity contribution in [1.29, 1.82) is 0 Å². The molecule has 0 aliphatic rings. The van der Waals surface area contributed by atoms with E-state index in [0.29, 0.717) is 5.56 Å². The highest BCUT2D eigenvalue weighted by atomic mass is 16.3. The molecule has 3 rings (SSSR count). The fourth-order valence-corrected chi connectivity index (χ4v) is 2.28. The number of rotatable bonds is 2. The Morgan fingerprint density at radius 1 is 1.00 bits per heavy atom. The number of fused-ring (bicyclic) bond motifs is 1. The van der Waals surface area contributed by atoms with Gasteiger partial charge in [0.05, 0.1) is 5.56 Å². The fraction of sp³-hybridized carbons (Fsp3) is 0.118. The van der Waals surface area contributed by atoms with Crippen molar-refractivity contribution in [1.82, 2.24) is 0 Å². The molecule has 0 radical (unpaired) electrons. The molecule has 1 aromatic heterocycles. The lowest BCUT2D eigenvalue weighted by Crippen LogP contribution is -2.03. The van der Waals surface area contributed by atoms with Gasteiger partial charge < -0.3 is 4.42 Å². The van der Waals surface area contributed by atoms with Crippen LogP contribution in [-0.2, 0) is 0 Å². The van der Waals surface area contributed by atoms with Crippen LogP contribution < -0.4 is 0 Å². The molecule has 0 aliphatic heterocycles. The molecule has 2 aromatic carbocycles. The van der Waals surface area contributed by atoms with Crippen LogP contribution in [0.5, 0.6) is 0 Å². The average molecular weight is 250 g/mol. The molecule has 0 saturated carbocycles. The van der Waals surface area contributed by atoms with E-state index < -0.39 is 0 Å². The third-order valence-electron chi connectivity index (χ3n) is 3.36. The molecule has 0 atom stereocenters. The largest absolute Gasteiger partial charge is 0.464 e. The Morgan fingerprint density at radius 3 is 2.63 bits per heavy atom. The Bertz CT molecular complexity index is 766. The molecular weight excluding hydrogens is 236 g/mol. The second-order valence-electron chi connectivity index (χ2n) is 4.79. The number of furan rings is 1. The molecule has 94 valence electrons. The average Bonchev–Trinajstić information content (AvgIpc) is 2.84. The van der Waals surface area contributed by atoms with E-state index in [1.807, 2.05) is 56.3 Å². The zero-order valence-electron chi connectivity index (χ0n) is 10.9. The van der Waals surface area contributed by atoms with Crippen LogP contribution in [0.3, 0.4) is 0 Å². The second kappa shape index (κ2) is 4.39. The lowest BCUT2D eigenvalue weighted by Gasteiger charge is -2.05. The van der Waals surface area contributed by atoms with Gasteiger partial charge in [-0.05, 0) is 31.5 Å². The van der Waals surface area contributed by atoms with E-state index in [1.165, 1.54) is 0 Å². The van der Waals surface area contributed by atoms with Gasteiger partial charge in [0.15, 0.2) is 5.78 Å². The van der Waals surface area contributed by atoms with Crippen molar-refractivity contribution < 1.29 is 9.21 Å². The van der Waals surface area contributed by atoms with Gasteiger partial charge in [0.1, 0.15) is 11.8 Å². The molecule has 0 unspecified atom stereocenters. The summed E-state index contributed by atoms with van der Waals surface area (Å²) in [6.07, 6.45) is 1.55. The molecule has 0 saturated heterocycles. The third-order valence-corrected chi connectivity index (χ3v) is 3.36. The van der Waals surface area contributed by atoms with E-state index in [2.05, 4.69) is 0 Å². The number of para-hydroxylation sites is 1. The number of hydrogen-bond acceptors (Lipinski definition) is 2. The Labute approximate surface area is 111 Å². The molecule has 0 amide bonds. The first-order valence-electron chi connectivity index (χ1n) is 6.25. The van der Waals surface area contributed by atoms with E-state index in [-0.39, 0.29) is 5.78 Å². The van der Waals surface area contributed by atoms with Crippen molar-refractivity contribution in [2.75, 3.05) is 0 Å². The second-order valence-corrected chi connectivity index (χ2v) is 4.79. The number of benzene rings is 2. The van der Waals surface area contributed by atoms with Gasteiger partial charge in [-0.15, -0.1) is 0 Å². The summed E-state index contributed by atoms with van der Waals surface area (Å²) >= 11 is 0. The fourth-order valence-electron chi connectivity index (χ4n) is 2.28. The molecule has 2 heteroatoms. The van der Waals surface area contributed by atoms with Gasteiger partial charge in [-0.2, -0.15) is 0 Å². The topological polar surface area (TPSA) is 30.2 Å². The highest BCUT2D eigenvalue weighted by molar-refractivity contribution is 6.16. The van der Waals surface area contributed by atoms with Crippen molar-refractivity contribution >= 4 is 16.8 Å². The maximum atomic E-state index is 12.6. The van der Waals surface area contributed by atoms with Crippen molar-refractivity contribution in [2.24, 2.45) is 0 Å². The summed E-state index contributed by atoms with van der Waals surface area (Å²) in [6, 6.07) is 13.5. The number of ketones is 1. The molecule has 0 N–H and O–H groups in total. The zero-order chi connectivity index (χ0) is 13.4. The first-order valence-corrected chi connectivity index (χ1v) is 6.25. The Balaban J connectivity index is 2.16. The SMILES string of the molecule is Cc1ccc(C)c(C(=O)c2coc3ccccc23)c1. The van der Waals surface area contributed by atoms with Crippen LogP contribution in [0, 0.1) is 13.8 Å². The smallest absolute Gasteiger partial charge is 0.197 e. The number of carbonyl (C=O) groups excluding carboxylic acids is 1. The summed E-state index contributed by atoms with van der Waals surface area (Å²) in [5.74, 6) is 0.0196. The Hall–Kier alpha value is -2.35. The van der Waals surface area contributed by atoms with Crippen molar-refractivity contribution in [2.45, 2.75) is 13.8 Å². The van der Waals surface area contributed by atoms with Gasteiger partial charge in [-0.25, -0.2) is 0 Å². The van der Waals surface area contributed by atoms with Gasteiger partial charge in [0.25, 0.3) is 0 Å².